The molecule has 3 heterocycles. The molecule has 0 aliphatic carbocycles. The minimum absolute atomic E-state index is 0.926. The Kier molecular flexibility index (Phi) is 2.84. The molecule has 0 fully saturated rings. The van der Waals surface area contributed by atoms with Crippen LogP contribution in [0.2, 0.25) is 0 Å². The summed E-state index contributed by atoms with van der Waals surface area (Å²) in [6, 6.07) is 25.1. The molecule has 0 saturated heterocycles. The molecular weight excluding hydrogens is 331 g/mol. The zero-order valence-electron chi connectivity index (χ0n) is 14.8. The van der Waals surface area contributed by atoms with Crippen LogP contribution in [0.1, 0.15) is 0 Å². The van der Waals surface area contributed by atoms with Crippen molar-refractivity contribution < 1.29 is 4.42 Å². The first-order valence-electron chi connectivity index (χ1n) is 9.08. The lowest BCUT2D eigenvalue weighted by Gasteiger charge is -2.07. The van der Waals surface area contributed by atoms with Crippen molar-refractivity contribution in [3.05, 3.63) is 79.0 Å². The molecule has 0 N–H and O–H groups in total. The van der Waals surface area contributed by atoms with Gasteiger partial charge in [0.15, 0.2) is 0 Å². The lowest BCUT2D eigenvalue weighted by atomic mass is 9.91. The molecule has 0 atom stereocenters. The maximum Gasteiger partial charge on any atom is 0.144 e. The second-order valence-corrected chi connectivity index (χ2v) is 6.93. The van der Waals surface area contributed by atoms with Crippen molar-refractivity contribution in [2.75, 3.05) is 0 Å². The molecule has 6 rings (SSSR count). The first-order chi connectivity index (χ1) is 13.3. The Labute approximate surface area is 156 Å². The highest BCUT2D eigenvalue weighted by atomic mass is 16.3. The van der Waals surface area contributed by atoms with Crippen LogP contribution < -0.4 is 5.46 Å². The van der Waals surface area contributed by atoms with E-state index in [0.717, 1.165) is 38.9 Å². The molecule has 4 heteroatoms. The van der Waals surface area contributed by atoms with E-state index in [-0.39, 0.29) is 0 Å². The van der Waals surface area contributed by atoms with E-state index >= 15 is 0 Å². The van der Waals surface area contributed by atoms with E-state index in [4.69, 9.17) is 4.42 Å². The summed E-state index contributed by atoms with van der Waals surface area (Å²) in [5.41, 5.74) is 5.34. The van der Waals surface area contributed by atoms with Crippen molar-refractivity contribution in [3.8, 4) is 5.82 Å². The standard InChI is InChI=1S/C23H15BN2O/c24-16-13-18-21(22-15-8-2-4-10-19(15)27-23(16)22)14-7-1-3-9-17(14)26(18)20-11-5-6-12-25-20/h1-13H,24H2. The molecule has 3 nitrogen and oxygen atoms in total. The lowest BCUT2D eigenvalue weighted by Crippen LogP contribution is -2.04. The molecule has 0 amide bonds. The summed E-state index contributed by atoms with van der Waals surface area (Å²) in [5.74, 6) is 0.926. The molecule has 0 saturated carbocycles. The maximum atomic E-state index is 6.23. The summed E-state index contributed by atoms with van der Waals surface area (Å²) in [7, 11) is 2.12. The van der Waals surface area contributed by atoms with Gasteiger partial charge in [-0.3, -0.25) is 4.57 Å². The Balaban J connectivity index is 1.95. The van der Waals surface area contributed by atoms with Crippen LogP contribution in [0.3, 0.4) is 0 Å². The fourth-order valence-electron chi connectivity index (χ4n) is 4.23. The minimum atomic E-state index is 0.926. The topological polar surface area (TPSA) is 31.0 Å². The number of furan rings is 1. The molecule has 0 spiro atoms. The fraction of sp³-hybridized carbons (Fsp3) is 0. The summed E-state index contributed by atoms with van der Waals surface area (Å²) in [6.45, 7) is 0. The molecular formula is C23H15BN2O. The fourth-order valence-corrected chi connectivity index (χ4v) is 4.23. The molecule has 3 aromatic carbocycles. The van der Waals surface area contributed by atoms with Gasteiger partial charge in [-0.1, -0.05) is 42.5 Å². The Hall–Kier alpha value is -3.53. The van der Waals surface area contributed by atoms with Gasteiger partial charge in [0, 0.05) is 27.7 Å². The van der Waals surface area contributed by atoms with E-state index in [2.05, 4.69) is 65.9 Å². The maximum absolute atomic E-state index is 6.23. The average molecular weight is 346 g/mol. The third-order valence-corrected chi connectivity index (χ3v) is 5.35. The zero-order chi connectivity index (χ0) is 18.0. The largest absolute Gasteiger partial charge is 0.457 e. The third-order valence-electron chi connectivity index (χ3n) is 5.35. The van der Waals surface area contributed by atoms with Gasteiger partial charge in [0.1, 0.15) is 24.8 Å². The Morgan fingerprint density at radius 1 is 0.778 bits per heavy atom. The van der Waals surface area contributed by atoms with Gasteiger partial charge in [0.05, 0.1) is 11.0 Å². The van der Waals surface area contributed by atoms with E-state index < -0.39 is 0 Å². The van der Waals surface area contributed by atoms with Crippen LogP contribution in [0.4, 0.5) is 0 Å². The van der Waals surface area contributed by atoms with Crippen molar-refractivity contribution in [3.63, 3.8) is 0 Å². The van der Waals surface area contributed by atoms with Crippen LogP contribution in [0.25, 0.3) is 49.6 Å². The van der Waals surface area contributed by atoms with Gasteiger partial charge < -0.3 is 4.42 Å². The number of hydrogen-bond donors (Lipinski definition) is 0. The van der Waals surface area contributed by atoms with Gasteiger partial charge >= 0.3 is 0 Å². The normalized spacial score (nSPS) is 11.9. The van der Waals surface area contributed by atoms with E-state index in [9.17, 15) is 0 Å². The summed E-state index contributed by atoms with van der Waals surface area (Å²) in [5, 5.41) is 4.79. The first-order valence-corrected chi connectivity index (χ1v) is 9.08. The number of aromatic nitrogens is 2. The molecule has 6 aromatic rings. The predicted molar refractivity (Wildman–Crippen MR) is 114 cm³/mol. The van der Waals surface area contributed by atoms with Crippen molar-refractivity contribution in [2.45, 2.75) is 0 Å². The lowest BCUT2D eigenvalue weighted by molar-refractivity contribution is 0.672. The SMILES string of the molecule is Bc1cc2c(c3ccccc3n2-c2ccccn2)c2c1oc1ccccc12. The summed E-state index contributed by atoms with van der Waals surface area (Å²) in [4.78, 5) is 4.62. The number of benzene rings is 3. The smallest absolute Gasteiger partial charge is 0.144 e. The Bertz CT molecular complexity index is 1480. The highest BCUT2D eigenvalue weighted by Crippen LogP contribution is 2.39. The average Bonchev–Trinajstić information content (AvgIpc) is 3.25. The number of fused-ring (bicyclic) bond motifs is 7. The zero-order valence-corrected chi connectivity index (χ0v) is 14.8. The summed E-state index contributed by atoms with van der Waals surface area (Å²) < 4.78 is 8.48. The Morgan fingerprint density at radius 3 is 2.41 bits per heavy atom. The van der Waals surface area contributed by atoms with Crippen molar-refractivity contribution in [2.24, 2.45) is 0 Å². The van der Waals surface area contributed by atoms with Crippen molar-refractivity contribution in [1.29, 1.82) is 0 Å². The van der Waals surface area contributed by atoms with Crippen LogP contribution >= 0.6 is 0 Å². The quantitative estimate of drug-likeness (QED) is 0.415. The van der Waals surface area contributed by atoms with Gasteiger partial charge in [-0.2, -0.15) is 0 Å². The van der Waals surface area contributed by atoms with E-state index in [1.807, 2.05) is 30.5 Å². The van der Waals surface area contributed by atoms with Crippen LogP contribution in [-0.4, -0.2) is 17.4 Å². The van der Waals surface area contributed by atoms with Crippen LogP contribution in [0.5, 0.6) is 0 Å². The molecule has 27 heavy (non-hydrogen) atoms. The number of nitrogens with zero attached hydrogens (tertiary/aromatic N) is 2. The van der Waals surface area contributed by atoms with E-state index in [1.165, 1.54) is 16.2 Å². The second-order valence-electron chi connectivity index (χ2n) is 6.93. The predicted octanol–water partition coefficient (Wildman–Crippen LogP) is 4.34. The number of pyridine rings is 1. The van der Waals surface area contributed by atoms with Gasteiger partial charge in [-0.15, -0.1) is 0 Å². The van der Waals surface area contributed by atoms with E-state index in [0.29, 0.717) is 0 Å². The van der Waals surface area contributed by atoms with Gasteiger partial charge in [-0.05, 0) is 35.8 Å². The molecule has 0 aliphatic heterocycles. The molecule has 126 valence electrons. The molecule has 0 bridgehead atoms. The van der Waals surface area contributed by atoms with Gasteiger partial charge in [0.2, 0.25) is 0 Å². The minimum Gasteiger partial charge on any atom is -0.457 e. The third kappa shape index (κ3) is 1.90. The van der Waals surface area contributed by atoms with Crippen LogP contribution in [0.15, 0.2) is 83.4 Å². The Morgan fingerprint density at radius 2 is 1.56 bits per heavy atom. The second kappa shape index (κ2) is 5.24. The monoisotopic (exact) mass is 346 g/mol. The summed E-state index contributed by atoms with van der Waals surface area (Å²) >= 11 is 0. The molecule has 0 aliphatic rings. The van der Waals surface area contributed by atoms with Crippen LogP contribution in [-0.2, 0) is 0 Å². The highest BCUT2D eigenvalue weighted by Gasteiger charge is 2.19. The van der Waals surface area contributed by atoms with E-state index in [1.54, 1.807) is 0 Å². The van der Waals surface area contributed by atoms with Crippen LogP contribution in [0, 0.1) is 0 Å². The number of para-hydroxylation sites is 2. The molecule has 0 radical (unpaired) electrons. The first kappa shape index (κ1) is 14.6. The number of rotatable bonds is 1. The van der Waals surface area contributed by atoms with Crippen molar-refractivity contribution >= 4 is 57.1 Å². The number of hydrogen-bond acceptors (Lipinski definition) is 2. The van der Waals surface area contributed by atoms with Gasteiger partial charge in [0.25, 0.3) is 0 Å². The highest BCUT2D eigenvalue weighted by molar-refractivity contribution is 6.43. The van der Waals surface area contributed by atoms with Crippen molar-refractivity contribution in [1.82, 2.24) is 9.55 Å². The molecule has 3 aromatic heterocycles. The van der Waals surface area contributed by atoms with Gasteiger partial charge in [-0.25, -0.2) is 4.98 Å². The molecule has 0 unspecified atom stereocenters. The summed E-state index contributed by atoms with van der Waals surface area (Å²) in [6.07, 6.45) is 1.84.